The Labute approximate surface area is 88.6 Å². The van der Waals surface area contributed by atoms with Crippen LogP contribution in [0.25, 0.3) is 0 Å². The van der Waals surface area contributed by atoms with Crippen LogP contribution in [0, 0.1) is 0 Å². The fraction of sp³-hybridized carbons (Fsp3) is 0. The van der Waals surface area contributed by atoms with Crippen LogP contribution in [-0.2, 0) is 10.0 Å². The van der Waals surface area contributed by atoms with E-state index in [4.69, 9.17) is 5.73 Å². The lowest BCUT2D eigenvalue weighted by molar-refractivity contribution is 0.601. The minimum absolute atomic E-state index is 0.0213. The molecule has 2 aromatic heterocycles. The van der Waals surface area contributed by atoms with E-state index in [0.717, 1.165) is 17.5 Å². The molecule has 2 rings (SSSR count). The fourth-order valence-corrected chi connectivity index (χ4v) is 2.60. The van der Waals surface area contributed by atoms with Gasteiger partial charge in [0.2, 0.25) is 5.13 Å². The van der Waals surface area contributed by atoms with Crippen molar-refractivity contribution in [3.63, 3.8) is 0 Å². The number of hydrogen-bond acceptors (Lipinski definition) is 7. The van der Waals surface area contributed by atoms with Crippen molar-refractivity contribution in [2.24, 2.45) is 0 Å². The van der Waals surface area contributed by atoms with Crippen molar-refractivity contribution < 1.29 is 8.42 Å². The molecule has 2 heterocycles. The SMILES string of the molecule is Nc1[nH]ncc1S(=O)(=O)Nc1nncs1. The van der Waals surface area contributed by atoms with Gasteiger partial charge in [0.15, 0.2) is 0 Å². The molecule has 0 aliphatic carbocycles. The number of aromatic nitrogens is 4. The summed E-state index contributed by atoms with van der Waals surface area (Å²) in [6, 6.07) is 0. The summed E-state index contributed by atoms with van der Waals surface area (Å²) < 4.78 is 25.6. The number of rotatable bonds is 3. The van der Waals surface area contributed by atoms with E-state index >= 15 is 0 Å². The molecule has 0 amide bonds. The van der Waals surface area contributed by atoms with E-state index in [1.165, 1.54) is 5.51 Å². The lowest BCUT2D eigenvalue weighted by Gasteiger charge is -2.01. The molecule has 4 N–H and O–H groups in total. The second-order valence-corrected chi connectivity index (χ2v) is 4.98. The van der Waals surface area contributed by atoms with Gasteiger partial charge in [0.1, 0.15) is 16.2 Å². The number of anilines is 2. The summed E-state index contributed by atoms with van der Waals surface area (Å²) in [5.41, 5.74) is 6.80. The van der Waals surface area contributed by atoms with E-state index in [9.17, 15) is 8.42 Å². The molecule has 0 aromatic carbocycles. The highest BCUT2D eigenvalue weighted by atomic mass is 32.2. The number of nitrogens with two attached hydrogens (primary N) is 1. The van der Waals surface area contributed by atoms with Gasteiger partial charge in [-0.25, -0.2) is 8.42 Å². The van der Waals surface area contributed by atoms with E-state index in [1.807, 2.05) is 0 Å². The Bertz CT molecular complexity index is 544. The van der Waals surface area contributed by atoms with Crippen LogP contribution in [0.3, 0.4) is 0 Å². The normalized spacial score (nSPS) is 11.5. The smallest absolute Gasteiger partial charge is 0.268 e. The van der Waals surface area contributed by atoms with Gasteiger partial charge in [0, 0.05) is 0 Å². The monoisotopic (exact) mass is 246 g/mol. The molecule has 0 spiro atoms. The highest BCUT2D eigenvalue weighted by Gasteiger charge is 2.20. The Morgan fingerprint density at radius 2 is 2.33 bits per heavy atom. The van der Waals surface area contributed by atoms with Crippen LogP contribution < -0.4 is 10.5 Å². The molecule has 80 valence electrons. The van der Waals surface area contributed by atoms with Crippen LogP contribution in [0.2, 0.25) is 0 Å². The first kappa shape index (κ1) is 9.86. The van der Waals surface area contributed by atoms with Gasteiger partial charge < -0.3 is 5.73 Å². The largest absolute Gasteiger partial charge is 0.383 e. The van der Waals surface area contributed by atoms with Crippen LogP contribution in [0.15, 0.2) is 16.6 Å². The molecule has 0 atom stereocenters. The summed E-state index contributed by atoms with van der Waals surface area (Å²) in [7, 11) is -3.73. The van der Waals surface area contributed by atoms with Crippen LogP contribution in [0.4, 0.5) is 10.9 Å². The highest BCUT2D eigenvalue weighted by Crippen LogP contribution is 2.19. The first-order chi connectivity index (χ1) is 7.09. The van der Waals surface area contributed by atoms with Crippen molar-refractivity contribution in [3.05, 3.63) is 11.7 Å². The molecule has 2 aromatic rings. The second-order valence-electron chi connectivity index (χ2n) is 2.50. The molecule has 10 heteroatoms. The molecule has 0 saturated heterocycles. The molecule has 15 heavy (non-hydrogen) atoms. The van der Waals surface area contributed by atoms with E-state index in [1.54, 1.807) is 0 Å². The van der Waals surface area contributed by atoms with Gasteiger partial charge in [-0.2, -0.15) is 5.10 Å². The van der Waals surface area contributed by atoms with E-state index in [0.29, 0.717) is 0 Å². The third-order valence-corrected chi connectivity index (χ3v) is 3.61. The van der Waals surface area contributed by atoms with Crippen LogP contribution in [-0.4, -0.2) is 28.8 Å². The average molecular weight is 246 g/mol. The average Bonchev–Trinajstić information content (AvgIpc) is 2.75. The van der Waals surface area contributed by atoms with E-state index in [2.05, 4.69) is 25.1 Å². The molecule has 0 radical (unpaired) electrons. The minimum Gasteiger partial charge on any atom is -0.383 e. The van der Waals surface area contributed by atoms with Gasteiger partial charge in [-0.15, -0.1) is 10.2 Å². The lowest BCUT2D eigenvalue weighted by atomic mass is 10.7. The molecule has 0 unspecified atom stereocenters. The first-order valence-electron chi connectivity index (χ1n) is 3.67. The number of aromatic amines is 1. The second kappa shape index (κ2) is 3.47. The zero-order chi connectivity index (χ0) is 10.9. The summed E-state index contributed by atoms with van der Waals surface area (Å²) in [6.07, 6.45) is 1.12. The van der Waals surface area contributed by atoms with Gasteiger partial charge >= 0.3 is 0 Å². The zero-order valence-electron chi connectivity index (χ0n) is 7.21. The number of hydrogen-bond donors (Lipinski definition) is 3. The Hall–Kier alpha value is -1.68. The van der Waals surface area contributed by atoms with E-state index < -0.39 is 10.0 Å². The van der Waals surface area contributed by atoms with Crippen molar-refractivity contribution in [1.29, 1.82) is 0 Å². The van der Waals surface area contributed by atoms with Crippen molar-refractivity contribution in [2.45, 2.75) is 4.90 Å². The Balaban J connectivity index is 2.33. The lowest BCUT2D eigenvalue weighted by Crippen LogP contribution is -2.13. The van der Waals surface area contributed by atoms with Gasteiger partial charge in [-0.1, -0.05) is 11.3 Å². The molecule has 0 aliphatic rings. The predicted octanol–water partition coefficient (Wildman–Crippen LogP) is -0.356. The topological polar surface area (TPSA) is 127 Å². The number of nitrogens with one attached hydrogen (secondary N) is 2. The third kappa shape index (κ3) is 1.89. The maximum Gasteiger partial charge on any atom is 0.268 e. The molecule has 0 aliphatic heterocycles. The van der Waals surface area contributed by atoms with Crippen molar-refractivity contribution in [2.75, 3.05) is 10.5 Å². The summed E-state index contributed by atoms with van der Waals surface area (Å²) in [5.74, 6) is -0.0213. The first-order valence-corrected chi connectivity index (χ1v) is 6.04. The molecule has 0 bridgehead atoms. The third-order valence-electron chi connectivity index (χ3n) is 1.50. The van der Waals surface area contributed by atoms with Gasteiger partial charge in [0.05, 0.1) is 6.20 Å². The van der Waals surface area contributed by atoms with Gasteiger partial charge in [-0.05, 0) is 0 Å². The van der Waals surface area contributed by atoms with Crippen molar-refractivity contribution in [1.82, 2.24) is 20.4 Å². The quantitative estimate of drug-likeness (QED) is 0.679. The summed E-state index contributed by atoms with van der Waals surface area (Å²) in [5, 5.41) is 13.1. The van der Waals surface area contributed by atoms with E-state index in [-0.39, 0.29) is 15.8 Å². The summed E-state index contributed by atoms with van der Waals surface area (Å²) in [4.78, 5) is -0.113. The molecular formula is C5H6N6O2S2. The van der Waals surface area contributed by atoms with Gasteiger partial charge in [0.25, 0.3) is 10.0 Å². The molecule has 0 fully saturated rings. The number of nitrogens with zero attached hydrogens (tertiary/aromatic N) is 3. The number of H-pyrrole nitrogens is 1. The Morgan fingerprint density at radius 3 is 2.87 bits per heavy atom. The minimum atomic E-state index is -3.73. The van der Waals surface area contributed by atoms with Crippen LogP contribution in [0.5, 0.6) is 0 Å². The van der Waals surface area contributed by atoms with Crippen molar-refractivity contribution in [3.8, 4) is 0 Å². The maximum atomic E-state index is 11.7. The standard InChI is InChI=1S/C5H6N6O2S2/c6-4-3(1-7-9-4)15(12,13)11-5-10-8-2-14-5/h1-2H,(H,10,11)(H3,6,7,9). The molecular weight excluding hydrogens is 240 g/mol. The predicted molar refractivity (Wildman–Crippen MR) is 53.7 cm³/mol. The van der Waals surface area contributed by atoms with Crippen LogP contribution >= 0.6 is 11.3 Å². The number of sulfonamides is 1. The molecule has 8 nitrogen and oxygen atoms in total. The molecule has 0 saturated carbocycles. The maximum absolute atomic E-state index is 11.7. The van der Waals surface area contributed by atoms with Crippen molar-refractivity contribution >= 4 is 32.3 Å². The van der Waals surface area contributed by atoms with Gasteiger partial charge in [-0.3, -0.25) is 9.82 Å². The number of nitrogen functional groups attached to an aromatic ring is 1. The highest BCUT2D eigenvalue weighted by molar-refractivity contribution is 7.93. The zero-order valence-corrected chi connectivity index (χ0v) is 8.84. The summed E-state index contributed by atoms with van der Waals surface area (Å²) in [6.45, 7) is 0. The van der Waals surface area contributed by atoms with Crippen LogP contribution in [0.1, 0.15) is 0 Å². The Kier molecular flexibility index (Phi) is 2.28. The fourth-order valence-electron chi connectivity index (χ4n) is 0.887. The summed E-state index contributed by atoms with van der Waals surface area (Å²) >= 11 is 1.07. The Morgan fingerprint density at radius 1 is 1.53 bits per heavy atom.